The van der Waals surface area contributed by atoms with Gasteiger partial charge >= 0.3 is 0 Å². The first-order valence-corrected chi connectivity index (χ1v) is 15.2. The van der Waals surface area contributed by atoms with E-state index in [0.29, 0.717) is 34.0 Å². The number of imide groups is 1. The van der Waals surface area contributed by atoms with Crippen molar-refractivity contribution >= 4 is 29.1 Å². The fourth-order valence-electron chi connectivity index (χ4n) is 6.25. The van der Waals surface area contributed by atoms with Crippen molar-refractivity contribution in [3.8, 4) is 17.2 Å². The van der Waals surface area contributed by atoms with E-state index in [1.54, 1.807) is 61.7 Å². The van der Waals surface area contributed by atoms with Crippen LogP contribution in [0.1, 0.15) is 73.4 Å². The normalized spacial score (nSPS) is 15.6. The van der Waals surface area contributed by atoms with Gasteiger partial charge in [0.2, 0.25) is 0 Å². The first-order valence-electron chi connectivity index (χ1n) is 15.2. The number of rotatable bonds is 7. The van der Waals surface area contributed by atoms with Gasteiger partial charge < -0.3 is 14.6 Å². The Morgan fingerprint density at radius 1 is 0.617 bits per heavy atom. The molecule has 1 atom stereocenters. The number of methoxy groups -OCH3 is 1. The maximum atomic E-state index is 13.5. The van der Waals surface area contributed by atoms with E-state index >= 15 is 0 Å². The lowest BCUT2D eigenvalue weighted by molar-refractivity contribution is 0.0916. The standard InChI is InChI=1S/C39H32N2O6/c1-23-5-19-31-33(21-23)37(44)40(35(31)42)26-10-12-27(13-11-26)41-36(43)32-20-18-30(22-34(32)38(41)45)47-29-16-8-25(9-17-29)39(2,3)24-6-14-28(46-4)15-7-24/h5-22,35,42H,1-4H3. The van der Waals surface area contributed by atoms with E-state index in [0.717, 1.165) is 27.3 Å². The highest BCUT2D eigenvalue weighted by molar-refractivity contribution is 6.34. The summed E-state index contributed by atoms with van der Waals surface area (Å²) in [6.45, 7) is 6.20. The van der Waals surface area contributed by atoms with Crippen LogP contribution < -0.4 is 19.3 Å². The number of carbonyl (C=O) groups excluding carboxylic acids is 3. The molecule has 0 bridgehead atoms. The van der Waals surface area contributed by atoms with Crippen molar-refractivity contribution in [1.82, 2.24) is 0 Å². The number of nitrogens with zero attached hydrogens (tertiary/aromatic N) is 2. The highest BCUT2D eigenvalue weighted by atomic mass is 16.5. The summed E-state index contributed by atoms with van der Waals surface area (Å²) in [4.78, 5) is 42.3. The quantitative estimate of drug-likeness (QED) is 0.188. The van der Waals surface area contributed by atoms with Crippen LogP contribution in [-0.4, -0.2) is 29.9 Å². The SMILES string of the molecule is COc1ccc(C(C)(C)c2ccc(Oc3ccc4c(c3)C(=O)N(c3ccc(N5C(=O)c6cc(C)ccc6C5O)cc3)C4=O)cc2)cc1. The Kier molecular flexibility index (Phi) is 7.17. The minimum Gasteiger partial charge on any atom is -0.497 e. The van der Waals surface area contributed by atoms with Gasteiger partial charge in [-0.2, -0.15) is 0 Å². The fourth-order valence-corrected chi connectivity index (χ4v) is 6.25. The molecule has 0 aliphatic carbocycles. The second-order valence-corrected chi connectivity index (χ2v) is 12.3. The minimum atomic E-state index is -1.13. The van der Waals surface area contributed by atoms with Crippen LogP contribution in [0.25, 0.3) is 0 Å². The Hall–Kier alpha value is -5.73. The average Bonchev–Trinajstić information content (AvgIpc) is 3.48. The van der Waals surface area contributed by atoms with Gasteiger partial charge in [-0.15, -0.1) is 0 Å². The van der Waals surface area contributed by atoms with Gasteiger partial charge in [-0.3, -0.25) is 19.3 Å². The molecule has 0 saturated heterocycles. The van der Waals surface area contributed by atoms with Gasteiger partial charge in [0.15, 0.2) is 6.23 Å². The van der Waals surface area contributed by atoms with E-state index in [1.807, 2.05) is 49.4 Å². The van der Waals surface area contributed by atoms with E-state index in [9.17, 15) is 19.5 Å². The van der Waals surface area contributed by atoms with Gasteiger partial charge in [-0.1, -0.05) is 55.8 Å². The zero-order valence-electron chi connectivity index (χ0n) is 26.4. The molecule has 47 heavy (non-hydrogen) atoms. The van der Waals surface area contributed by atoms with Crippen molar-refractivity contribution in [2.75, 3.05) is 16.9 Å². The minimum absolute atomic E-state index is 0.241. The summed E-state index contributed by atoms with van der Waals surface area (Å²) in [5, 5.41) is 10.9. The molecule has 0 spiro atoms. The number of amides is 3. The third-order valence-electron chi connectivity index (χ3n) is 9.05. The highest BCUT2D eigenvalue weighted by Gasteiger charge is 2.39. The van der Waals surface area contributed by atoms with Crippen molar-refractivity contribution < 1.29 is 29.0 Å². The van der Waals surface area contributed by atoms with Crippen molar-refractivity contribution in [3.63, 3.8) is 0 Å². The van der Waals surface area contributed by atoms with Crippen molar-refractivity contribution in [1.29, 1.82) is 0 Å². The second-order valence-electron chi connectivity index (χ2n) is 12.3. The second kappa shape index (κ2) is 11.3. The van der Waals surface area contributed by atoms with Crippen LogP contribution in [0.15, 0.2) is 109 Å². The molecule has 0 aromatic heterocycles. The Labute approximate surface area is 272 Å². The van der Waals surface area contributed by atoms with Crippen LogP contribution in [0.3, 0.4) is 0 Å². The van der Waals surface area contributed by atoms with Gasteiger partial charge in [-0.25, -0.2) is 4.90 Å². The van der Waals surface area contributed by atoms with Gasteiger partial charge in [0.05, 0.1) is 23.9 Å². The van der Waals surface area contributed by atoms with Crippen molar-refractivity contribution in [2.24, 2.45) is 0 Å². The number of ether oxygens (including phenoxy) is 2. The average molecular weight is 625 g/mol. The van der Waals surface area contributed by atoms with Crippen LogP contribution >= 0.6 is 0 Å². The molecule has 0 radical (unpaired) electrons. The number of anilines is 2. The number of hydrogen-bond donors (Lipinski definition) is 1. The smallest absolute Gasteiger partial charge is 0.266 e. The van der Waals surface area contributed by atoms with Crippen LogP contribution in [0.5, 0.6) is 17.2 Å². The van der Waals surface area contributed by atoms with Crippen LogP contribution in [0.4, 0.5) is 11.4 Å². The lowest BCUT2D eigenvalue weighted by Crippen LogP contribution is -2.30. The zero-order chi connectivity index (χ0) is 33.0. The summed E-state index contributed by atoms with van der Waals surface area (Å²) in [5.74, 6) is 0.601. The summed E-state index contributed by atoms with van der Waals surface area (Å²) < 4.78 is 11.4. The predicted octanol–water partition coefficient (Wildman–Crippen LogP) is 7.57. The van der Waals surface area contributed by atoms with Gasteiger partial charge in [0, 0.05) is 22.2 Å². The van der Waals surface area contributed by atoms with E-state index < -0.39 is 18.0 Å². The molecule has 7 rings (SSSR count). The molecule has 2 aliphatic rings. The third-order valence-corrected chi connectivity index (χ3v) is 9.05. The number of fused-ring (bicyclic) bond motifs is 2. The maximum Gasteiger partial charge on any atom is 0.266 e. The van der Waals surface area contributed by atoms with E-state index in [4.69, 9.17) is 9.47 Å². The molecular formula is C39H32N2O6. The molecule has 2 aliphatic heterocycles. The number of aliphatic hydroxyl groups excluding tert-OH is 1. The van der Waals surface area contributed by atoms with E-state index in [-0.39, 0.29) is 22.4 Å². The fraction of sp³-hybridized carbons (Fsp3) is 0.154. The maximum absolute atomic E-state index is 13.5. The summed E-state index contributed by atoms with van der Waals surface area (Å²) in [7, 11) is 1.65. The third kappa shape index (κ3) is 5.03. The zero-order valence-corrected chi connectivity index (χ0v) is 26.4. The first kappa shape index (κ1) is 30.0. The molecule has 5 aromatic carbocycles. The monoisotopic (exact) mass is 624 g/mol. The Morgan fingerprint density at radius 3 is 1.83 bits per heavy atom. The Morgan fingerprint density at radius 2 is 1.19 bits per heavy atom. The Balaban J connectivity index is 1.07. The van der Waals surface area contributed by atoms with Gasteiger partial charge in [-0.05, 0) is 90.8 Å². The number of carbonyl (C=O) groups is 3. The number of aryl methyl sites for hydroxylation is 1. The number of hydrogen-bond acceptors (Lipinski definition) is 6. The summed E-state index contributed by atoms with van der Waals surface area (Å²) in [5.41, 5.74) is 5.24. The highest BCUT2D eigenvalue weighted by Crippen LogP contribution is 2.39. The first-order chi connectivity index (χ1) is 22.6. The molecule has 234 valence electrons. The lowest BCUT2D eigenvalue weighted by atomic mass is 9.78. The molecular weight excluding hydrogens is 592 g/mol. The summed E-state index contributed by atoms with van der Waals surface area (Å²) in [6, 6.07) is 32.4. The molecule has 0 fully saturated rings. The number of benzene rings is 5. The predicted molar refractivity (Wildman–Crippen MR) is 179 cm³/mol. The molecule has 2 heterocycles. The molecule has 8 nitrogen and oxygen atoms in total. The van der Waals surface area contributed by atoms with E-state index in [1.165, 1.54) is 4.90 Å². The summed E-state index contributed by atoms with van der Waals surface area (Å²) >= 11 is 0. The topological polar surface area (TPSA) is 96.4 Å². The van der Waals surface area contributed by atoms with Crippen LogP contribution in [0.2, 0.25) is 0 Å². The van der Waals surface area contributed by atoms with Gasteiger partial charge in [0.25, 0.3) is 17.7 Å². The molecule has 1 N–H and O–H groups in total. The molecule has 1 unspecified atom stereocenters. The molecule has 3 amide bonds. The molecule has 8 heteroatoms. The van der Waals surface area contributed by atoms with Crippen molar-refractivity contribution in [3.05, 3.63) is 148 Å². The molecule has 5 aromatic rings. The van der Waals surface area contributed by atoms with E-state index in [2.05, 4.69) is 26.0 Å². The Bertz CT molecular complexity index is 2050. The number of aliphatic hydroxyl groups is 1. The summed E-state index contributed by atoms with van der Waals surface area (Å²) in [6.07, 6.45) is -1.13. The largest absolute Gasteiger partial charge is 0.497 e. The van der Waals surface area contributed by atoms with Crippen molar-refractivity contribution in [2.45, 2.75) is 32.4 Å². The van der Waals surface area contributed by atoms with Crippen LogP contribution in [0, 0.1) is 6.92 Å². The molecule has 0 saturated carbocycles. The van der Waals surface area contributed by atoms with Gasteiger partial charge in [0.1, 0.15) is 17.2 Å². The lowest BCUT2D eigenvalue weighted by Gasteiger charge is -2.26. The van der Waals surface area contributed by atoms with Crippen LogP contribution in [-0.2, 0) is 5.41 Å².